The van der Waals surface area contributed by atoms with Gasteiger partial charge in [-0.2, -0.15) is 0 Å². The monoisotopic (exact) mass is 594 g/mol. The lowest BCUT2D eigenvalue weighted by Gasteiger charge is -2.61. The highest BCUT2D eigenvalue weighted by molar-refractivity contribution is 7.49. The Bertz CT molecular complexity index is 989. The van der Waals surface area contributed by atoms with E-state index in [-0.39, 0.29) is 5.41 Å². The number of nitrogens with one attached hydrogen (secondary N) is 1. The predicted octanol–water partition coefficient (Wildman–Crippen LogP) is 4.20. The molecule has 4 aliphatic rings. The van der Waals surface area contributed by atoms with E-state index in [4.69, 9.17) is 4.52 Å². The highest BCUT2D eigenvalue weighted by Crippen LogP contribution is 2.68. The minimum atomic E-state index is -4.72. The maximum atomic E-state index is 12.7. The molecule has 0 aromatic rings. The fourth-order valence-corrected chi connectivity index (χ4v) is 11.5. The van der Waals surface area contributed by atoms with E-state index in [1.807, 2.05) is 5.09 Å². The highest BCUT2D eigenvalue weighted by atomic mass is 31.2. The molecule has 0 bridgehead atoms. The van der Waals surface area contributed by atoms with Crippen LogP contribution in [0.5, 0.6) is 0 Å². The maximum Gasteiger partial charge on any atom is 0.205 e. The lowest BCUT2D eigenvalue weighted by molar-refractivity contribution is -0.310. The maximum absolute atomic E-state index is 12.7. The number of aliphatic carboxylic acids is 2. The van der Waals surface area contributed by atoms with Crippen molar-refractivity contribution < 1.29 is 33.8 Å². The van der Waals surface area contributed by atoms with Gasteiger partial charge in [0.15, 0.2) is 0 Å². The van der Waals surface area contributed by atoms with Crippen LogP contribution >= 0.6 is 7.75 Å². The van der Waals surface area contributed by atoms with Gasteiger partial charge in [-0.15, -0.1) is 0 Å². The van der Waals surface area contributed by atoms with Crippen molar-refractivity contribution in [3.05, 3.63) is 0 Å². The van der Waals surface area contributed by atoms with Gasteiger partial charge in [0.05, 0.1) is 18.1 Å². The van der Waals surface area contributed by atoms with Crippen LogP contribution in [0, 0.1) is 52.3 Å². The molecule has 236 valence electrons. The van der Waals surface area contributed by atoms with Crippen LogP contribution in [-0.4, -0.2) is 24.1 Å². The van der Waals surface area contributed by atoms with E-state index in [1.165, 1.54) is 51.4 Å². The minimum absolute atomic E-state index is 0.174. The Hall–Kier alpha value is -0.950. The molecule has 9 heteroatoms. The van der Waals surface area contributed by atoms with Crippen LogP contribution < -0.4 is 20.2 Å². The van der Waals surface area contributed by atoms with Crippen LogP contribution in [0.3, 0.4) is 0 Å². The first-order valence-electron chi connectivity index (χ1n) is 16.3. The summed E-state index contributed by atoms with van der Waals surface area (Å²) >= 11 is 0. The minimum Gasteiger partial charge on any atom is -0.766 e. The second-order valence-corrected chi connectivity index (χ2v) is 16.6. The van der Waals surface area contributed by atoms with Crippen molar-refractivity contribution in [2.75, 3.05) is 0 Å². The van der Waals surface area contributed by atoms with Gasteiger partial charge < -0.3 is 29.2 Å². The zero-order chi connectivity index (χ0) is 30.2. The normalized spacial score (nSPS) is 39.7. The fourth-order valence-electron chi connectivity index (χ4n) is 10.3. The summed E-state index contributed by atoms with van der Waals surface area (Å²) in [6.07, 6.45) is 12.2. The Balaban J connectivity index is 1.36. The molecular formula is C32H53NO7P-3. The van der Waals surface area contributed by atoms with Crippen molar-refractivity contribution in [3.8, 4) is 0 Å². The predicted molar refractivity (Wildman–Crippen MR) is 152 cm³/mol. The first-order chi connectivity index (χ1) is 19.2. The topological polar surface area (TPSA) is 142 Å². The van der Waals surface area contributed by atoms with Crippen molar-refractivity contribution in [2.45, 2.75) is 137 Å². The molecule has 41 heavy (non-hydrogen) atoms. The second-order valence-electron chi connectivity index (χ2n) is 15.1. The van der Waals surface area contributed by atoms with E-state index in [0.717, 1.165) is 42.4 Å². The Morgan fingerprint density at radius 2 is 1.61 bits per heavy atom. The van der Waals surface area contributed by atoms with Crippen LogP contribution in [0.4, 0.5) is 0 Å². The average Bonchev–Trinajstić information content (AvgIpc) is 3.23. The molecule has 4 rings (SSSR count). The Kier molecular flexibility index (Phi) is 10.4. The summed E-state index contributed by atoms with van der Waals surface area (Å²) in [5.41, 5.74) is 0.614. The summed E-state index contributed by atoms with van der Waals surface area (Å²) in [6.45, 7) is 12.2. The summed E-state index contributed by atoms with van der Waals surface area (Å²) in [5.74, 6) is 1.85. The second kappa shape index (κ2) is 13.0. The molecule has 8 nitrogen and oxygen atoms in total. The molecule has 4 saturated carbocycles. The number of carbonyl (C=O) groups excluding carboxylic acids is 2. The smallest absolute Gasteiger partial charge is 0.205 e. The van der Waals surface area contributed by atoms with E-state index >= 15 is 0 Å². The van der Waals surface area contributed by atoms with Gasteiger partial charge in [0.1, 0.15) is 0 Å². The Morgan fingerprint density at radius 1 is 0.927 bits per heavy atom. The third-order valence-electron chi connectivity index (χ3n) is 12.3. The van der Waals surface area contributed by atoms with Crippen molar-refractivity contribution in [2.24, 2.45) is 52.3 Å². The van der Waals surface area contributed by atoms with Crippen LogP contribution in [0.25, 0.3) is 0 Å². The van der Waals surface area contributed by atoms with Gasteiger partial charge >= 0.3 is 0 Å². The van der Waals surface area contributed by atoms with Crippen LogP contribution in [0.15, 0.2) is 0 Å². The van der Waals surface area contributed by atoms with Crippen LogP contribution in [-0.2, 0) is 18.7 Å². The Labute approximate surface area is 247 Å². The quantitative estimate of drug-likeness (QED) is 0.313. The van der Waals surface area contributed by atoms with E-state index in [9.17, 15) is 29.3 Å². The molecule has 0 aromatic carbocycles. The zero-order valence-electron chi connectivity index (χ0n) is 25.9. The number of rotatable bonds is 13. The fraction of sp³-hybridized carbons (Fsp3) is 0.938. The van der Waals surface area contributed by atoms with E-state index in [1.54, 1.807) is 0 Å². The third-order valence-corrected chi connectivity index (χ3v) is 13.5. The summed E-state index contributed by atoms with van der Waals surface area (Å²) in [7, 11) is -4.72. The van der Waals surface area contributed by atoms with Gasteiger partial charge in [-0.1, -0.05) is 53.9 Å². The molecule has 4 fully saturated rings. The van der Waals surface area contributed by atoms with Crippen LogP contribution in [0.2, 0.25) is 0 Å². The van der Waals surface area contributed by atoms with Gasteiger partial charge in [0, 0.05) is 5.97 Å². The number of carboxylic acids is 2. The molecule has 0 aromatic heterocycles. The number of fused-ring (bicyclic) bond motifs is 5. The molecule has 0 radical (unpaired) electrons. The van der Waals surface area contributed by atoms with Gasteiger partial charge in [0.2, 0.25) is 7.75 Å². The summed E-state index contributed by atoms with van der Waals surface area (Å²) < 4.78 is 18.2. The van der Waals surface area contributed by atoms with E-state index in [2.05, 4.69) is 34.6 Å². The van der Waals surface area contributed by atoms with Gasteiger partial charge in [-0.3, -0.25) is 4.57 Å². The van der Waals surface area contributed by atoms with Crippen molar-refractivity contribution >= 4 is 19.7 Å². The molecule has 0 spiro atoms. The standard InChI is InChI=1S/C32H56NO7P/c1-20(2)7-6-8-21(3)25-11-12-26-24-10-9-22-19-23(15-17-31(22,4)27(24)16-18-32(25,26)5)40-41(38,39)33-28(30(36)37)13-14-29(34)35/h20-28H,6-19H2,1-5H3,(H,34,35)(H,36,37)(H2,33,38,39)/p-3/t21-,22?,23+,24+,25-,26+,27+,28+,31+,32-/m1/s1. The molecular weight excluding hydrogens is 541 g/mol. The van der Waals surface area contributed by atoms with Gasteiger partial charge in [0.25, 0.3) is 0 Å². The first kappa shape index (κ1) is 33.0. The molecule has 0 saturated heterocycles. The first-order valence-corrected chi connectivity index (χ1v) is 17.9. The number of hydrogen-bond donors (Lipinski definition) is 1. The van der Waals surface area contributed by atoms with E-state index < -0.39 is 44.7 Å². The lowest BCUT2D eigenvalue weighted by atomic mass is 9.44. The molecule has 0 heterocycles. The molecule has 11 atom stereocenters. The van der Waals surface area contributed by atoms with E-state index in [0.29, 0.717) is 30.1 Å². The molecule has 0 aliphatic heterocycles. The SMILES string of the molecule is CC(C)CCC[C@@H](C)[C@H]1CC[C@H]2[C@@H]3CCC4C[C@@H](OP(=O)([O-])N[C@@H](CCC(=O)[O-])C(=O)[O-])CC[C@]4(C)[C@H]3CC[C@]12C. The number of hydrogen-bond acceptors (Lipinski definition) is 7. The molecule has 2 unspecified atom stereocenters. The summed E-state index contributed by atoms with van der Waals surface area (Å²) in [6, 6.07) is -1.66. The molecule has 1 N–H and O–H groups in total. The molecule has 0 amide bonds. The van der Waals surface area contributed by atoms with Crippen molar-refractivity contribution in [1.29, 1.82) is 0 Å². The summed E-state index contributed by atoms with van der Waals surface area (Å²) in [4.78, 5) is 34.8. The Morgan fingerprint density at radius 3 is 2.27 bits per heavy atom. The van der Waals surface area contributed by atoms with Gasteiger partial charge in [-0.05, 0) is 123 Å². The van der Waals surface area contributed by atoms with Gasteiger partial charge in [-0.25, -0.2) is 5.09 Å². The van der Waals surface area contributed by atoms with Crippen LogP contribution in [0.1, 0.15) is 125 Å². The zero-order valence-corrected chi connectivity index (χ0v) is 26.8. The third kappa shape index (κ3) is 7.24. The summed E-state index contributed by atoms with van der Waals surface area (Å²) in [5, 5.41) is 24.1. The number of carbonyl (C=O) groups is 2. The van der Waals surface area contributed by atoms with Crippen molar-refractivity contribution in [3.63, 3.8) is 0 Å². The number of carboxylic acid groups (broad SMARTS) is 2. The molecule has 4 aliphatic carbocycles. The highest BCUT2D eigenvalue weighted by Gasteiger charge is 2.60. The lowest BCUT2D eigenvalue weighted by Crippen LogP contribution is -2.54. The largest absolute Gasteiger partial charge is 0.766 e. The average molecular weight is 595 g/mol. The van der Waals surface area contributed by atoms with Crippen molar-refractivity contribution in [1.82, 2.24) is 5.09 Å².